The third-order valence-corrected chi connectivity index (χ3v) is 6.91. The highest BCUT2D eigenvalue weighted by atomic mass is 32.1. The molecule has 2 aromatic heterocycles. The first-order chi connectivity index (χ1) is 16.4. The quantitative estimate of drug-likeness (QED) is 0.502. The molecule has 1 atom stereocenters. The van der Waals surface area contributed by atoms with Crippen LogP contribution in [0.4, 0.5) is 5.69 Å². The number of carbonyl (C=O) groups excluding carboxylic acids is 2. The van der Waals surface area contributed by atoms with Crippen molar-refractivity contribution in [2.75, 3.05) is 32.6 Å². The summed E-state index contributed by atoms with van der Waals surface area (Å²) < 4.78 is 11.0. The van der Waals surface area contributed by atoms with E-state index in [0.29, 0.717) is 34.5 Å². The molecular weight excluding hydrogens is 452 g/mol. The van der Waals surface area contributed by atoms with Gasteiger partial charge in [-0.1, -0.05) is 6.07 Å². The number of nitrogens with one attached hydrogen (secondary N) is 2. The maximum Gasteiger partial charge on any atom is 0.261 e. The Morgan fingerprint density at radius 1 is 1.29 bits per heavy atom. The van der Waals surface area contributed by atoms with Gasteiger partial charge in [-0.05, 0) is 63.7 Å². The Hall–Kier alpha value is -3.01. The van der Waals surface area contributed by atoms with Crippen LogP contribution in [0.15, 0.2) is 40.8 Å². The fourth-order valence-corrected chi connectivity index (χ4v) is 4.94. The van der Waals surface area contributed by atoms with Crippen LogP contribution in [0.1, 0.15) is 38.8 Å². The lowest BCUT2D eigenvalue weighted by Crippen LogP contribution is -2.38. The van der Waals surface area contributed by atoms with Crippen molar-refractivity contribution in [2.24, 2.45) is 5.92 Å². The van der Waals surface area contributed by atoms with E-state index >= 15 is 0 Å². The molecule has 0 spiro atoms. The van der Waals surface area contributed by atoms with Gasteiger partial charge in [0.05, 0.1) is 23.9 Å². The number of carbonyl (C=O) groups is 2. The third kappa shape index (κ3) is 5.91. The van der Waals surface area contributed by atoms with Gasteiger partial charge >= 0.3 is 0 Å². The predicted octanol–water partition coefficient (Wildman–Crippen LogP) is 4.07. The highest BCUT2D eigenvalue weighted by molar-refractivity contribution is 7.14. The van der Waals surface area contributed by atoms with Crippen LogP contribution in [0.25, 0.3) is 11.5 Å². The molecule has 1 aliphatic rings. The standard InChI is InChI=1S/C25H30N4O4S/c1-16-21(13-26-24(31)22-10-9-20(34-22)15-32-3)28-25(33-16)17-6-4-8-19(12-17)27-23(30)18-7-5-11-29(2)14-18/h4,6,8-10,12,18H,5,7,11,13-15H2,1-3H3,(H,26,31)(H,27,30)/t18-/m0/s1. The molecule has 0 unspecified atom stereocenters. The summed E-state index contributed by atoms with van der Waals surface area (Å²) in [6.07, 6.45) is 1.94. The molecular formula is C25H30N4O4S. The Balaban J connectivity index is 1.39. The molecule has 0 bridgehead atoms. The van der Waals surface area contributed by atoms with Crippen LogP contribution in [0.3, 0.4) is 0 Å². The molecule has 3 aromatic rings. The fraction of sp³-hybridized carbons (Fsp3) is 0.400. The number of aryl methyl sites for hydroxylation is 1. The second-order valence-corrected chi connectivity index (χ2v) is 9.74. The first kappa shape index (κ1) is 24.1. The molecule has 8 nitrogen and oxygen atoms in total. The van der Waals surface area contributed by atoms with Gasteiger partial charge in [0.1, 0.15) is 11.5 Å². The summed E-state index contributed by atoms with van der Waals surface area (Å²) in [6, 6.07) is 11.2. The lowest BCUT2D eigenvalue weighted by molar-refractivity contribution is -0.121. The summed E-state index contributed by atoms with van der Waals surface area (Å²) in [7, 11) is 3.67. The summed E-state index contributed by atoms with van der Waals surface area (Å²) in [6.45, 7) is 4.38. The molecule has 1 aliphatic heterocycles. The van der Waals surface area contributed by atoms with Crippen LogP contribution in [0.2, 0.25) is 0 Å². The molecule has 2 amide bonds. The molecule has 4 rings (SSSR count). The molecule has 0 aliphatic carbocycles. The predicted molar refractivity (Wildman–Crippen MR) is 132 cm³/mol. The summed E-state index contributed by atoms with van der Waals surface area (Å²) in [4.78, 5) is 33.6. The Morgan fingerprint density at radius 2 is 2.15 bits per heavy atom. The molecule has 34 heavy (non-hydrogen) atoms. The van der Waals surface area contributed by atoms with E-state index in [4.69, 9.17) is 9.15 Å². The minimum atomic E-state index is -0.158. The zero-order valence-corrected chi connectivity index (χ0v) is 20.5. The highest BCUT2D eigenvalue weighted by Gasteiger charge is 2.24. The molecule has 0 saturated carbocycles. The molecule has 0 radical (unpaired) electrons. The monoisotopic (exact) mass is 482 g/mol. The summed E-state index contributed by atoms with van der Waals surface area (Å²) in [5.41, 5.74) is 2.14. The van der Waals surface area contributed by atoms with E-state index in [1.165, 1.54) is 11.3 Å². The average molecular weight is 483 g/mol. The Bertz CT molecular complexity index is 1160. The number of aromatic nitrogens is 1. The number of likely N-dealkylation sites (tertiary alicyclic amines) is 1. The zero-order valence-electron chi connectivity index (χ0n) is 19.7. The van der Waals surface area contributed by atoms with Gasteiger partial charge in [0.15, 0.2) is 0 Å². The van der Waals surface area contributed by atoms with Crippen molar-refractivity contribution in [3.63, 3.8) is 0 Å². The van der Waals surface area contributed by atoms with Crippen molar-refractivity contribution in [3.8, 4) is 11.5 Å². The largest absolute Gasteiger partial charge is 0.441 e. The molecule has 180 valence electrons. The smallest absolute Gasteiger partial charge is 0.261 e. The minimum absolute atomic E-state index is 0.00414. The van der Waals surface area contributed by atoms with Crippen LogP contribution in [-0.2, 0) is 22.7 Å². The SMILES string of the molecule is COCc1ccc(C(=O)NCc2nc(-c3cccc(NC(=O)[C@H]4CCCN(C)C4)c3)oc2C)s1. The lowest BCUT2D eigenvalue weighted by Gasteiger charge is -2.28. The number of benzene rings is 1. The van der Waals surface area contributed by atoms with Crippen LogP contribution >= 0.6 is 11.3 Å². The number of hydrogen-bond donors (Lipinski definition) is 2. The van der Waals surface area contributed by atoms with Crippen molar-refractivity contribution >= 4 is 28.8 Å². The first-order valence-corrected chi connectivity index (χ1v) is 12.2. The van der Waals surface area contributed by atoms with E-state index < -0.39 is 0 Å². The number of methoxy groups -OCH3 is 1. The summed E-state index contributed by atoms with van der Waals surface area (Å²) in [5, 5.41) is 5.93. The summed E-state index contributed by atoms with van der Waals surface area (Å²) in [5.74, 6) is 0.970. The molecule has 1 saturated heterocycles. The number of anilines is 1. The van der Waals surface area contributed by atoms with Gasteiger partial charge in [-0.3, -0.25) is 9.59 Å². The average Bonchev–Trinajstić information content (AvgIpc) is 3.44. The Kier molecular flexibility index (Phi) is 7.77. The van der Waals surface area contributed by atoms with Crippen LogP contribution < -0.4 is 10.6 Å². The number of hydrogen-bond acceptors (Lipinski definition) is 7. The second kappa shape index (κ2) is 10.9. The van der Waals surface area contributed by atoms with Crippen LogP contribution in [0.5, 0.6) is 0 Å². The van der Waals surface area contributed by atoms with Gasteiger partial charge in [0.2, 0.25) is 11.8 Å². The molecule has 2 N–H and O–H groups in total. The van der Waals surface area contributed by atoms with Gasteiger partial charge in [-0.25, -0.2) is 4.98 Å². The van der Waals surface area contributed by atoms with Crippen molar-refractivity contribution < 1.29 is 18.7 Å². The minimum Gasteiger partial charge on any atom is -0.441 e. The van der Waals surface area contributed by atoms with Crippen molar-refractivity contribution in [2.45, 2.75) is 32.9 Å². The van der Waals surface area contributed by atoms with Crippen LogP contribution in [0, 0.1) is 12.8 Å². The van der Waals surface area contributed by atoms with Crippen molar-refractivity contribution in [1.82, 2.24) is 15.2 Å². The van der Waals surface area contributed by atoms with E-state index in [9.17, 15) is 9.59 Å². The van der Waals surface area contributed by atoms with Gasteiger partial charge < -0.3 is 24.7 Å². The van der Waals surface area contributed by atoms with Gasteiger partial charge in [0.25, 0.3) is 5.91 Å². The number of amides is 2. The fourth-order valence-electron chi connectivity index (χ4n) is 4.04. The van der Waals surface area contributed by atoms with E-state index in [0.717, 1.165) is 36.4 Å². The van der Waals surface area contributed by atoms with Crippen molar-refractivity contribution in [1.29, 1.82) is 0 Å². The number of piperidine rings is 1. The molecule has 1 fully saturated rings. The number of thiophene rings is 1. The van der Waals surface area contributed by atoms with Crippen LogP contribution in [-0.4, -0.2) is 48.9 Å². The normalized spacial score (nSPS) is 16.4. The van der Waals surface area contributed by atoms with Gasteiger partial charge in [-0.2, -0.15) is 0 Å². The van der Waals surface area contributed by atoms with E-state index in [1.54, 1.807) is 13.2 Å². The molecule has 9 heteroatoms. The zero-order chi connectivity index (χ0) is 24.1. The number of oxazole rings is 1. The Labute approximate surface area is 203 Å². The van der Waals surface area contributed by atoms with E-state index in [1.807, 2.05) is 44.3 Å². The number of ether oxygens (including phenoxy) is 1. The number of nitrogens with zero attached hydrogens (tertiary/aromatic N) is 2. The van der Waals surface area contributed by atoms with E-state index in [-0.39, 0.29) is 24.3 Å². The Morgan fingerprint density at radius 3 is 2.94 bits per heavy atom. The second-order valence-electron chi connectivity index (χ2n) is 8.57. The summed E-state index contributed by atoms with van der Waals surface area (Å²) >= 11 is 1.41. The third-order valence-electron chi connectivity index (χ3n) is 5.85. The van der Waals surface area contributed by atoms with Crippen molar-refractivity contribution in [3.05, 3.63) is 57.6 Å². The van der Waals surface area contributed by atoms with Gasteiger partial charge in [0, 0.05) is 29.8 Å². The topological polar surface area (TPSA) is 96.7 Å². The maximum atomic E-state index is 12.7. The van der Waals surface area contributed by atoms with Gasteiger partial charge in [-0.15, -0.1) is 11.3 Å². The number of rotatable bonds is 8. The first-order valence-electron chi connectivity index (χ1n) is 11.3. The van der Waals surface area contributed by atoms with E-state index in [2.05, 4.69) is 20.5 Å². The molecule has 1 aromatic carbocycles. The highest BCUT2D eigenvalue weighted by Crippen LogP contribution is 2.26. The maximum absolute atomic E-state index is 12.7. The molecule has 3 heterocycles. The lowest BCUT2D eigenvalue weighted by atomic mass is 9.97.